The lowest BCUT2D eigenvalue weighted by Gasteiger charge is -2.26. The molecule has 1 aliphatic rings. The normalized spacial score (nSPS) is 23.1. The second kappa shape index (κ2) is 7.51. The minimum atomic E-state index is 0.256. The third-order valence-electron chi connectivity index (χ3n) is 4.21. The zero-order chi connectivity index (χ0) is 14.4. The van der Waals surface area contributed by atoms with Crippen LogP contribution >= 0.6 is 11.8 Å². The molecule has 0 amide bonds. The molecule has 0 heterocycles. The summed E-state index contributed by atoms with van der Waals surface area (Å²) in [5.74, 6) is 3.09. The standard InChI is InChI=1S/C18H29NS/c1-18(2,3)19-14-16-9-7-8-15(16)12-13-20-17-10-5-4-6-11-17/h4-6,10-11,15-16,19H,7-9,12-14H2,1-3H3. The maximum absolute atomic E-state index is 3.70. The quantitative estimate of drug-likeness (QED) is 0.742. The van der Waals surface area contributed by atoms with E-state index in [2.05, 4.69) is 56.4 Å². The van der Waals surface area contributed by atoms with Crippen LogP contribution in [-0.4, -0.2) is 17.8 Å². The summed E-state index contributed by atoms with van der Waals surface area (Å²) in [6.45, 7) is 8.00. The molecule has 0 aromatic heterocycles. The van der Waals surface area contributed by atoms with Gasteiger partial charge < -0.3 is 5.32 Å². The molecule has 2 unspecified atom stereocenters. The average Bonchev–Trinajstić information content (AvgIpc) is 2.84. The van der Waals surface area contributed by atoms with Gasteiger partial charge in [-0.15, -0.1) is 11.8 Å². The monoisotopic (exact) mass is 291 g/mol. The molecule has 112 valence electrons. The molecule has 1 saturated carbocycles. The molecule has 2 rings (SSSR count). The Labute approximate surface area is 128 Å². The van der Waals surface area contributed by atoms with Crippen molar-refractivity contribution in [1.82, 2.24) is 5.32 Å². The summed E-state index contributed by atoms with van der Waals surface area (Å²) in [5, 5.41) is 3.70. The summed E-state index contributed by atoms with van der Waals surface area (Å²) >= 11 is 2.01. The van der Waals surface area contributed by atoms with E-state index in [1.807, 2.05) is 11.8 Å². The van der Waals surface area contributed by atoms with Crippen molar-refractivity contribution >= 4 is 11.8 Å². The molecule has 1 aromatic rings. The number of hydrogen-bond donors (Lipinski definition) is 1. The van der Waals surface area contributed by atoms with Gasteiger partial charge in [-0.3, -0.25) is 0 Å². The lowest BCUT2D eigenvalue weighted by molar-refractivity contribution is 0.314. The minimum Gasteiger partial charge on any atom is -0.312 e. The van der Waals surface area contributed by atoms with E-state index in [4.69, 9.17) is 0 Å². The summed E-state index contributed by atoms with van der Waals surface area (Å²) in [5.41, 5.74) is 0.256. The Morgan fingerprint density at radius 2 is 1.80 bits per heavy atom. The van der Waals surface area contributed by atoms with Crippen molar-refractivity contribution in [3.05, 3.63) is 30.3 Å². The second-order valence-electron chi connectivity index (χ2n) is 7.03. The highest BCUT2D eigenvalue weighted by Crippen LogP contribution is 2.35. The molecule has 1 aromatic carbocycles. The predicted molar refractivity (Wildman–Crippen MR) is 90.4 cm³/mol. The molecule has 0 aliphatic heterocycles. The lowest BCUT2D eigenvalue weighted by atomic mass is 9.92. The SMILES string of the molecule is CC(C)(C)NCC1CCCC1CCSc1ccccc1. The Kier molecular flexibility index (Phi) is 5.98. The van der Waals surface area contributed by atoms with Crippen LogP contribution in [0.4, 0.5) is 0 Å². The third-order valence-corrected chi connectivity index (χ3v) is 5.26. The van der Waals surface area contributed by atoms with Crippen LogP contribution in [0.3, 0.4) is 0 Å². The first-order valence-corrected chi connectivity index (χ1v) is 8.96. The Balaban J connectivity index is 1.71. The predicted octanol–water partition coefficient (Wildman–Crippen LogP) is 4.97. The van der Waals surface area contributed by atoms with Crippen molar-refractivity contribution < 1.29 is 0 Å². The molecule has 1 N–H and O–H groups in total. The number of benzene rings is 1. The van der Waals surface area contributed by atoms with Gasteiger partial charge in [0.15, 0.2) is 0 Å². The summed E-state index contributed by atoms with van der Waals surface area (Å²) in [6.07, 6.45) is 5.66. The van der Waals surface area contributed by atoms with Crippen LogP contribution in [0.2, 0.25) is 0 Å². The third kappa shape index (κ3) is 5.49. The molecule has 0 bridgehead atoms. The molecule has 0 saturated heterocycles. The van der Waals surface area contributed by atoms with Crippen LogP contribution in [0.1, 0.15) is 46.5 Å². The van der Waals surface area contributed by atoms with E-state index in [0.29, 0.717) is 0 Å². The van der Waals surface area contributed by atoms with Gasteiger partial charge in [0, 0.05) is 10.4 Å². The molecule has 1 nitrogen and oxygen atoms in total. The fourth-order valence-electron chi connectivity index (χ4n) is 3.04. The number of thioether (sulfide) groups is 1. The van der Waals surface area contributed by atoms with Gasteiger partial charge in [0.1, 0.15) is 0 Å². The smallest absolute Gasteiger partial charge is 0.00966 e. The van der Waals surface area contributed by atoms with Gasteiger partial charge in [-0.05, 0) is 69.9 Å². The largest absolute Gasteiger partial charge is 0.312 e. The Hall–Kier alpha value is -0.470. The van der Waals surface area contributed by atoms with E-state index < -0.39 is 0 Å². The molecule has 0 radical (unpaired) electrons. The van der Waals surface area contributed by atoms with E-state index >= 15 is 0 Å². The van der Waals surface area contributed by atoms with Gasteiger partial charge in [-0.25, -0.2) is 0 Å². The highest BCUT2D eigenvalue weighted by atomic mass is 32.2. The van der Waals surface area contributed by atoms with Crippen molar-refractivity contribution in [2.75, 3.05) is 12.3 Å². The summed E-state index contributed by atoms with van der Waals surface area (Å²) in [6, 6.07) is 10.8. The van der Waals surface area contributed by atoms with Crippen LogP contribution in [0.15, 0.2) is 35.2 Å². The Morgan fingerprint density at radius 1 is 1.10 bits per heavy atom. The van der Waals surface area contributed by atoms with Gasteiger partial charge in [-0.2, -0.15) is 0 Å². The van der Waals surface area contributed by atoms with Crippen molar-refractivity contribution in [3.63, 3.8) is 0 Å². The average molecular weight is 292 g/mol. The highest BCUT2D eigenvalue weighted by Gasteiger charge is 2.27. The molecule has 1 aliphatic carbocycles. The molecule has 2 atom stereocenters. The summed E-state index contributed by atoms with van der Waals surface area (Å²) in [7, 11) is 0. The van der Waals surface area contributed by atoms with Crippen LogP contribution in [0.5, 0.6) is 0 Å². The fraction of sp³-hybridized carbons (Fsp3) is 0.667. The Morgan fingerprint density at radius 3 is 2.50 bits per heavy atom. The summed E-state index contributed by atoms with van der Waals surface area (Å²) < 4.78 is 0. The van der Waals surface area contributed by atoms with Gasteiger partial charge in [0.25, 0.3) is 0 Å². The number of hydrogen-bond acceptors (Lipinski definition) is 2. The first-order chi connectivity index (χ1) is 9.54. The molecule has 20 heavy (non-hydrogen) atoms. The first kappa shape index (κ1) is 15.9. The topological polar surface area (TPSA) is 12.0 Å². The molecular weight excluding hydrogens is 262 g/mol. The zero-order valence-electron chi connectivity index (χ0n) is 13.2. The molecular formula is C18H29NS. The zero-order valence-corrected chi connectivity index (χ0v) is 14.0. The number of rotatable bonds is 6. The van der Waals surface area contributed by atoms with E-state index in [-0.39, 0.29) is 5.54 Å². The van der Waals surface area contributed by atoms with E-state index in [9.17, 15) is 0 Å². The van der Waals surface area contributed by atoms with Crippen molar-refractivity contribution in [1.29, 1.82) is 0 Å². The lowest BCUT2D eigenvalue weighted by Crippen LogP contribution is -2.39. The van der Waals surface area contributed by atoms with Crippen molar-refractivity contribution in [2.45, 2.75) is 56.9 Å². The van der Waals surface area contributed by atoms with Crippen molar-refractivity contribution in [3.8, 4) is 0 Å². The van der Waals surface area contributed by atoms with Gasteiger partial charge in [-0.1, -0.05) is 31.0 Å². The Bertz CT molecular complexity index is 382. The molecule has 2 heteroatoms. The van der Waals surface area contributed by atoms with Crippen LogP contribution in [-0.2, 0) is 0 Å². The highest BCUT2D eigenvalue weighted by molar-refractivity contribution is 7.99. The molecule has 1 fully saturated rings. The summed E-state index contributed by atoms with van der Waals surface area (Å²) in [4.78, 5) is 1.41. The van der Waals surface area contributed by atoms with E-state index in [0.717, 1.165) is 11.8 Å². The van der Waals surface area contributed by atoms with Gasteiger partial charge in [0.05, 0.1) is 0 Å². The van der Waals surface area contributed by atoms with E-state index in [1.165, 1.54) is 42.9 Å². The maximum Gasteiger partial charge on any atom is 0.00966 e. The van der Waals surface area contributed by atoms with Gasteiger partial charge in [0.2, 0.25) is 0 Å². The first-order valence-electron chi connectivity index (χ1n) is 7.97. The molecule has 0 spiro atoms. The van der Waals surface area contributed by atoms with Crippen LogP contribution < -0.4 is 5.32 Å². The maximum atomic E-state index is 3.70. The van der Waals surface area contributed by atoms with E-state index in [1.54, 1.807) is 0 Å². The van der Waals surface area contributed by atoms with Gasteiger partial charge >= 0.3 is 0 Å². The fourth-order valence-corrected chi connectivity index (χ4v) is 4.05. The van der Waals surface area contributed by atoms with Crippen LogP contribution in [0.25, 0.3) is 0 Å². The minimum absolute atomic E-state index is 0.256. The number of nitrogens with one attached hydrogen (secondary N) is 1. The van der Waals surface area contributed by atoms with Crippen LogP contribution in [0, 0.1) is 11.8 Å². The second-order valence-corrected chi connectivity index (χ2v) is 8.20. The van der Waals surface area contributed by atoms with Crippen molar-refractivity contribution in [2.24, 2.45) is 11.8 Å².